The Hall–Kier alpha value is -4.05. The molecule has 1 saturated heterocycles. The Balaban J connectivity index is 1.59. The molecule has 4 heterocycles. The van der Waals surface area contributed by atoms with E-state index in [9.17, 15) is 31.5 Å². The van der Waals surface area contributed by atoms with Crippen molar-refractivity contribution in [3.8, 4) is 5.88 Å². The van der Waals surface area contributed by atoms with Gasteiger partial charge in [0.25, 0.3) is 11.8 Å². The average molecular weight is 603 g/mol. The number of methoxy groups -OCH3 is 1. The first kappa shape index (κ1) is 30.9. The number of ether oxygens (including phenoxy) is 1. The summed E-state index contributed by atoms with van der Waals surface area (Å²) < 4.78 is 79.6. The molecule has 1 aliphatic heterocycles. The molecule has 0 bridgehead atoms. The van der Waals surface area contributed by atoms with E-state index in [1.165, 1.54) is 28.9 Å². The van der Waals surface area contributed by atoms with Gasteiger partial charge in [0.2, 0.25) is 11.6 Å². The van der Waals surface area contributed by atoms with E-state index >= 15 is 0 Å². The Kier molecular flexibility index (Phi) is 8.59. The number of nitrogens with zero attached hydrogens (tertiary/aromatic N) is 6. The number of imidazole rings is 1. The maximum absolute atomic E-state index is 14.0. The number of urea groups is 1. The van der Waals surface area contributed by atoms with Crippen LogP contribution in [-0.2, 0) is 6.54 Å². The molecule has 0 radical (unpaired) electrons. The molecule has 3 aromatic rings. The van der Waals surface area contributed by atoms with Crippen molar-refractivity contribution in [2.24, 2.45) is 11.3 Å². The third-order valence-electron chi connectivity index (χ3n) is 7.34. The van der Waals surface area contributed by atoms with Crippen LogP contribution >= 0.6 is 0 Å². The van der Waals surface area contributed by atoms with Gasteiger partial charge in [-0.1, -0.05) is 13.8 Å². The lowest BCUT2D eigenvalue weighted by molar-refractivity contribution is -0.214. The molecule has 1 aliphatic rings. The molecule has 1 fully saturated rings. The molecule has 0 aromatic carbocycles. The van der Waals surface area contributed by atoms with Gasteiger partial charge < -0.3 is 20.3 Å². The first-order valence-corrected chi connectivity index (χ1v) is 13.1. The van der Waals surface area contributed by atoms with Gasteiger partial charge in [-0.2, -0.15) is 18.3 Å². The summed E-state index contributed by atoms with van der Waals surface area (Å²) in [5, 5.41) is 16.5. The van der Waals surface area contributed by atoms with Gasteiger partial charge in [0.05, 0.1) is 36.7 Å². The normalized spacial score (nSPS) is 17.6. The summed E-state index contributed by atoms with van der Waals surface area (Å²) in [6.45, 7) is 2.88. The van der Waals surface area contributed by atoms with Crippen LogP contribution in [0.2, 0.25) is 0 Å². The summed E-state index contributed by atoms with van der Waals surface area (Å²) in [4.78, 5) is 31.2. The third kappa shape index (κ3) is 6.87. The van der Waals surface area contributed by atoms with Crippen molar-refractivity contribution in [2.75, 3.05) is 20.2 Å². The minimum Gasteiger partial charge on any atom is -0.477 e. The Labute approximate surface area is 236 Å². The maximum atomic E-state index is 14.0. The van der Waals surface area contributed by atoms with Gasteiger partial charge in [0.15, 0.2) is 5.65 Å². The number of hydrogen-bond acceptors (Lipinski definition) is 8. The van der Waals surface area contributed by atoms with E-state index in [1.807, 2.05) is 0 Å². The molecule has 17 heteroatoms. The molecule has 42 heavy (non-hydrogen) atoms. The molecule has 2 atom stereocenters. The van der Waals surface area contributed by atoms with Crippen molar-refractivity contribution in [2.45, 2.75) is 64.7 Å². The highest BCUT2D eigenvalue weighted by atomic mass is 19.4. The van der Waals surface area contributed by atoms with Gasteiger partial charge in [-0.25, -0.2) is 27.7 Å². The van der Waals surface area contributed by atoms with Crippen LogP contribution in [0.3, 0.4) is 0 Å². The van der Waals surface area contributed by atoms with Crippen molar-refractivity contribution >= 4 is 17.6 Å². The molecular weight excluding hydrogens is 571 g/mol. The van der Waals surface area contributed by atoms with Gasteiger partial charge in [-0.3, -0.25) is 4.79 Å². The summed E-state index contributed by atoms with van der Waals surface area (Å²) in [5.41, 5.74) is -1.39. The van der Waals surface area contributed by atoms with E-state index in [2.05, 4.69) is 35.7 Å². The Bertz CT molecular complexity index is 1420. The summed E-state index contributed by atoms with van der Waals surface area (Å²) in [5.74, 6) is -5.02. The lowest BCUT2D eigenvalue weighted by Crippen LogP contribution is -2.40. The Morgan fingerprint density at radius 1 is 1.24 bits per heavy atom. The fraction of sp³-hybridized carbons (Fsp3) is 0.600. The van der Waals surface area contributed by atoms with Gasteiger partial charge in [-0.05, 0) is 48.1 Å². The van der Waals surface area contributed by atoms with Crippen molar-refractivity contribution in [1.82, 2.24) is 40.4 Å². The number of amides is 3. The predicted octanol–water partition coefficient (Wildman–Crippen LogP) is 4.15. The minimum atomic E-state index is -4.49. The highest BCUT2D eigenvalue weighted by molar-refractivity contribution is 5.94. The lowest BCUT2D eigenvalue weighted by atomic mass is 9.85. The minimum absolute atomic E-state index is 0.0248. The zero-order valence-electron chi connectivity index (χ0n) is 23.3. The second-order valence-corrected chi connectivity index (χ2v) is 11.0. The SMILES string of the molecule is COc1nonc1C(=O)N[C@@H](CCC(C)(C)C(F)(F)F)c1cn2ncc(CN3C[C@@H](C(C)(F)F)CCNC3=O)cc2n1. The lowest BCUT2D eigenvalue weighted by Gasteiger charge is -2.29. The molecule has 12 nitrogen and oxygen atoms in total. The Morgan fingerprint density at radius 2 is 1.98 bits per heavy atom. The molecule has 230 valence electrons. The van der Waals surface area contributed by atoms with E-state index in [0.29, 0.717) is 5.56 Å². The largest absolute Gasteiger partial charge is 0.477 e. The number of carbonyl (C=O) groups is 2. The van der Waals surface area contributed by atoms with Crippen molar-refractivity contribution in [3.63, 3.8) is 0 Å². The number of carbonyl (C=O) groups excluding carboxylic acids is 2. The first-order chi connectivity index (χ1) is 19.6. The third-order valence-corrected chi connectivity index (χ3v) is 7.34. The zero-order valence-corrected chi connectivity index (χ0v) is 23.3. The molecule has 0 unspecified atom stereocenters. The number of fused-ring (bicyclic) bond motifs is 1. The van der Waals surface area contributed by atoms with Gasteiger partial charge in [0, 0.05) is 25.6 Å². The number of rotatable bonds is 10. The van der Waals surface area contributed by atoms with Crippen LogP contribution in [0.5, 0.6) is 5.88 Å². The monoisotopic (exact) mass is 602 g/mol. The standard InChI is InChI=1S/C25H31F5N8O4/c1-23(2,25(28,29)30)7-5-16(34-20(39)19-21(41-4)36-42-35-19)17-13-38-18(33-17)9-14(10-32-38)11-37-12-15(24(3,26)27)6-8-31-22(37)40/h9-10,13,15-16H,5-8,11-12H2,1-4H3,(H,31,40)(H,34,39)/t15-,16-/m0/s1. The van der Waals surface area contributed by atoms with Crippen LogP contribution in [0.15, 0.2) is 23.1 Å². The van der Waals surface area contributed by atoms with Gasteiger partial charge in [-0.15, -0.1) is 0 Å². The molecule has 2 N–H and O–H groups in total. The molecule has 0 aliphatic carbocycles. The van der Waals surface area contributed by atoms with Crippen LogP contribution in [0.4, 0.5) is 26.7 Å². The fourth-order valence-electron chi connectivity index (χ4n) is 4.48. The smallest absolute Gasteiger partial charge is 0.393 e. The van der Waals surface area contributed by atoms with Crippen LogP contribution in [-0.4, -0.2) is 74.0 Å². The summed E-state index contributed by atoms with van der Waals surface area (Å²) >= 11 is 0. The van der Waals surface area contributed by atoms with Crippen molar-refractivity contribution < 1.29 is 40.9 Å². The number of hydrogen-bond donors (Lipinski definition) is 2. The highest BCUT2D eigenvalue weighted by Gasteiger charge is 2.47. The number of aromatic nitrogens is 5. The molecule has 0 spiro atoms. The molecule has 4 rings (SSSR count). The number of halogens is 5. The van der Waals surface area contributed by atoms with Crippen LogP contribution in [0.25, 0.3) is 5.65 Å². The summed E-state index contributed by atoms with van der Waals surface area (Å²) in [7, 11) is 1.24. The second kappa shape index (κ2) is 11.7. The van der Waals surface area contributed by atoms with E-state index in [4.69, 9.17) is 4.74 Å². The van der Waals surface area contributed by atoms with Crippen LogP contribution in [0, 0.1) is 11.3 Å². The summed E-state index contributed by atoms with van der Waals surface area (Å²) in [6.07, 6.45) is -1.98. The zero-order chi connectivity index (χ0) is 30.9. The van der Waals surface area contributed by atoms with E-state index in [1.54, 1.807) is 6.07 Å². The Morgan fingerprint density at radius 3 is 2.64 bits per heavy atom. The molecule has 0 saturated carbocycles. The van der Waals surface area contributed by atoms with E-state index in [0.717, 1.165) is 20.8 Å². The van der Waals surface area contributed by atoms with E-state index in [-0.39, 0.29) is 61.8 Å². The maximum Gasteiger partial charge on any atom is 0.393 e. The number of nitrogens with one attached hydrogen (secondary N) is 2. The average Bonchev–Trinajstić information content (AvgIpc) is 3.50. The van der Waals surface area contributed by atoms with Gasteiger partial charge >= 0.3 is 12.2 Å². The molecule has 3 amide bonds. The van der Waals surface area contributed by atoms with Crippen molar-refractivity contribution in [1.29, 1.82) is 0 Å². The van der Waals surface area contributed by atoms with E-state index < -0.39 is 41.4 Å². The second-order valence-electron chi connectivity index (χ2n) is 11.0. The topological polar surface area (TPSA) is 140 Å². The highest BCUT2D eigenvalue weighted by Crippen LogP contribution is 2.42. The van der Waals surface area contributed by atoms with Gasteiger partial charge in [0.1, 0.15) is 0 Å². The van der Waals surface area contributed by atoms with Crippen molar-refractivity contribution in [3.05, 3.63) is 35.4 Å². The summed E-state index contributed by atoms with van der Waals surface area (Å²) in [6, 6.07) is 0.0877. The first-order valence-electron chi connectivity index (χ1n) is 13.1. The molecular formula is C25H31F5N8O4. The van der Waals surface area contributed by atoms with Crippen LogP contribution in [0.1, 0.15) is 67.8 Å². The number of alkyl halides is 5. The molecule has 3 aromatic heterocycles. The quantitative estimate of drug-likeness (QED) is 0.330. The fourth-order valence-corrected chi connectivity index (χ4v) is 4.48. The van der Waals surface area contributed by atoms with Crippen LogP contribution < -0.4 is 15.4 Å². The predicted molar refractivity (Wildman–Crippen MR) is 136 cm³/mol.